The van der Waals surface area contributed by atoms with E-state index < -0.39 is 0 Å². The lowest BCUT2D eigenvalue weighted by atomic mass is 9.68. The molecule has 1 saturated carbocycles. The second kappa shape index (κ2) is 8.80. The zero-order valence-electron chi connectivity index (χ0n) is 21.0. The molecule has 0 aromatic carbocycles. The lowest BCUT2D eigenvalue weighted by molar-refractivity contribution is -0.132. The number of carbonyl (C=O) groups excluding carboxylic acids is 1. The molecule has 4 heterocycles. The quantitative estimate of drug-likeness (QED) is 0.660. The molecule has 5 aliphatic rings. The first kappa shape index (κ1) is 22.8. The van der Waals surface area contributed by atoms with Crippen molar-refractivity contribution < 1.29 is 9.53 Å². The summed E-state index contributed by atoms with van der Waals surface area (Å²) in [4.78, 5) is 33.3. The van der Waals surface area contributed by atoms with E-state index in [-0.39, 0.29) is 24.1 Å². The molecule has 8 heteroatoms. The van der Waals surface area contributed by atoms with Gasteiger partial charge in [0.05, 0.1) is 19.3 Å². The molecule has 2 atom stereocenters. The molecule has 2 aliphatic carbocycles. The third-order valence-corrected chi connectivity index (χ3v) is 9.21. The summed E-state index contributed by atoms with van der Waals surface area (Å²) < 4.78 is 6.95. The molecule has 188 valence electrons. The van der Waals surface area contributed by atoms with Crippen LogP contribution in [0.3, 0.4) is 0 Å². The van der Waals surface area contributed by atoms with Crippen LogP contribution in [0.15, 0.2) is 28.7 Å². The number of amides is 1. The summed E-state index contributed by atoms with van der Waals surface area (Å²) in [5.74, 6) is 1.17. The van der Waals surface area contributed by atoms with Crippen molar-refractivity contribution in [2.24, 2.45) is 11.3 Å². The number of hydrogen-bond acceptors (Lipinski definition) is 6. The van der Waals surface area contributed by atoms with Gasteiger partial charge in [-0.3, -0.25) is 9.59 Å². The fraction of sp³-hybridized carbons (Fsp3) is 0.667. The molecule has 1 aromatic rings. The minimum Gasteiger partial charge on any atom is -0.378 e. The highest BCUT2D eigenvalue weighted by Gasteiger charge is 2.44. The average molecular weight is 480 g/mol. The summed E-state index contributed by atoms with van der Waals surface area (Å²) in [5, 5.41) is 4.77. The summed E-state index contributed by atoms with van der Waals surface area (Å²) in [6.45, 7) is 9.88. The van der Waals surface area contributed by atoms with Crippen LogP contribution in [-0.2, 0) is 16.1 Å². The van der Waals surface area contributed by atoms with Crippen LogP contribution in [0.4, 0.5) is 5.82 Å². The van der Waals surface area contributed by atoms with Crippen LogP contribution in [0.5, 0.6) is 0 Å². The van der Waals surface area contributed by atoms with Crippen molar-refractivity contribution in [3.05, 3.63) is 45.4 Å². The molecule has 6 rings (SSSR count). The molecular formula is C27H37N5O3. The second-order valence-corrected chi connectivity index (χ2v) is 11.1. The van der Waals surface area contributed by atoms with Crippen LogP contribution in [0, 0.1) is 25.2 Å². The Morgan fingerprint density at radius 2 is 1.89 bits per heavy atom. The minimum atomic E-state index is -0.152. The summed E-state index contributed by atoms with van der Waals surface area (Å²) in [7, 11) is 0. The van der Waals surface area contributed by atoms with E-state index in [4.69, 9.17) is 9.84 Å². The number of fused-ring (bicyclic) bond motifs is 1. The highest BCUT2D eigenvalue weighted by atomic mass is 16.5. The van der Waals surface area contributed by atoms with Crippen LogP contribution < -0.4 is 10.5 Å². The number of rotatable bonds is 4. The molecular weight excluding hydrogens is 442 g/mol. The number of carbonyl (C=O) groups is 1. The molecule has 0 N–H and O–H groups in total. The Morgan fingerprint density at radius 1 is 1.09 bits per heavy atom. The van der Waals surface area contributed by atoms with Gasteiger partial charge in [0.15, 0.2) is 5.82 Å². The number of ether oxygens (including phenoxy) is 1. The Kier molecular flexibility index (Phi) is 5.74. The van der Waals surface area contributed by atoms with Gasteiger partial charge in [0.2, 0.25) is 5.91 Å². The molecule has 0 radical (unpaired) electrons. The molecule has 0 bridgehead atoms. The van der Waals surface area contributed by atoms with Gasteiger partial charge in [-0.2, -0.15) is 5.10 Å². The summed E-state index contributed by atoms with van der Waals surface area (Å²) in [6.07, 6.45) is 12.5. The SMILES string of the molecule is Cc1c(N2CCC3(CCC3)C2)nn(CC(=O)N2CCC3C(N4CCOCC4)=CC=CC32)c(=O)c1C. The number of allylic oxidation sites excluding steroid dienone is 2. The Bertz CT molecular complexity index is 1130. The second-order valence-electron chi connectivity index (χ2n) is 11.1. The van der Waals surface area contributed by atoms with Gasteiger partial charge in [-0.05, 0) is 51.0 Å². The third kappa shape index (κ3) is 3.90. The van der Waals surface area contributed by atoms with E-state index in [1.54, 1.807) is 0 Å². The van der Waals surface area contributed by atoms with Crippen molar-refractivity contribution >= 4 is 11.7 Å². The Hall–Kier alpha value is -2.61. The summed E-state index contributed by atoms with van der Waals surface area (Å²) in [6, 6.07) is 0.0455. The first-order chi connectivity index (χ1) is 17.0. The lowest BCUT2D eigenvalue weighted by Crippen LogP contribution is -2.45. The first-order valence-corrected chi connectivity index (χ1v) is 13.3. The normalized spacial score (nSPS) is 27.3. The maximum Gasteiger partial charge on any atom is 0.270 e. The van der Waals surface area contributed by atoms with Gasteiger partial charge in [-0.1, -0.05) is 18.6 Å². The van der Waals surface area contributed by atoms with Gasteiger partial charge >= 0.3 is 0 Å². The van der Waals surface area contributed by atoms with E-state index in [0.717, 1.165) is 57.2 Å². The van der Waals surface area contributed by atoms with E-state index in [9.17, 15) is 9.59 Å². The topological polar surface area (TPSA) is 70.9 Å². The minimum absolute atomic E-state index is 0.000399. The molecule has 1 amide bonds. The van der Waals surface area contributed by atoms with Crippen LogP contribution in [0.1, 0.15) is 43.2 Å². The first-order valence-electron chi connectivity index (χ1n) is 13.3. The average Bonchev–Trinajstić information content (AvgIpc) is 3.50. The zero-order valence-corrected chi connectivity index (χ0v) is 21.0. The standard InChI is InChI=1S/C27H37N5O3/c1-19-20(2)26(34)32(28-25(19)30-12-10-27(18-30)8-4-9-27)17-24(33)31-11-7-21-22(5-3-6-23(21)31)29-13-15-35-16-14-29/h3,5-6,21,23H,4,7-18H2,1-2H3. The van der Waals surface area contributed by atoms with Crippen molar-refractivity contribution in [2.75, 3.05) is 50.8 Å². The summed E-state index contributed by atoms with van der Waals surface area (Å²) >= 11 is 0. The van der Waals surface area contributed by atoms with E-state index in [2.05, 4.69) is 28.0 Å². The molecule has 8 nitrogen and oxygen atoms in total. The smallest absolute Gasteiger partial charge is 0.270 e. The molecule has 3 saturated heterocycles. The van der Waals surface area contributed by atoms with Gasteiger partial charge in [0.25, 0.3) is 5.56 Å². The van der Waals surface area contributed by atoms with Crippen molar-refractivity contribution in [3.63, 3.8) is 0 Å². The van der Waals surface area contributed by atoms with Gasteiger partial charge < -0.3 is 19.4 Å². The fourth-order valence-electron chi connectivity index (χ4n) is 6.80. The maximum atomic E-state index is 13.5. The summed E-state index contributed by atoms with van der Waals surface area (Å²) in [5.41, 5.74) is 3.26. The third-order valence-electron chi connectivity index (χ3n) is 9.21. The van der Waals surface area contributed by atoms with Gasteiger partial charge in [-0.15, -0.1) is 0 Å². The monoisotopic (exact) mass is 479 g/mol. The zero-order chi connectivity index (χ0) is 24.2. The number of nitrogens with zero attached hydrogens (tertiary/aromatic N) is 5. The molecule has 1 aromatic heterocycles. The van der Waals surface area contributed by atoms with Crippen molar-refractivity contribution in [2.45, 2.75) is 58.5 Å². The Morgan fingerprint density at radius 3 is 2.60 bits per heavy atom. The van der Waals surface area contributed by atoms with E-state index in [1.807, 2.05) is 18.7 Å². The molecule has 35 heavy (non-hydrogen) atoms. The highest BCUT2D eigenvalue weighted by Crippen LogP contribution is 2.49. The molecule has 1 spiro atoms. The van der Waals surface area contributed by atoms with Crippen LogP contribution in [0.2, 0.25) is 0 Å². The van der Waals surface area contributed by atoms with Gasteiger partial charge in [0, 0.05) is 55.5 Å². The number of hydrogen-bond donors (Lipinski definition) is 0. The molecule has 2 unspecified atom stereocenters. The van der Waals surface area contributed by atoms with E-state index >= 15 is 0 Å². The Balaban J connectivity index is 1.20. The van der Waals surface area contributed by atoms with E-state index in [1.165, 1.54) is 36.1 Å². The number of anilines is 1. The van der Waals surface area contributed by atoms with Gasteiger partial charge in [-0.25, -0.2) is 4.68 Å². The van der Waals surface area contributed by atoms with Crippen molar-refractivity contribution in [1.29, 1.82) is 0 Å². The van der Waals surface area contributed by atoms with Crippen molar-refractivity contribution in [1.82, 2.24) is 19.6 Å². The number of likely N-dealkylation sites (tertiary alicyclic amines) is 1. The van der Waals surface area contributed by atoms with Crippen LogP contribution in [0.25, 0.3) is 0 Å². The lowest BCUT2D eigenvalue weighted by Gasteiger charge is -2.38. The Labute approximate surface area is 207 Å². The predicted octanol–water partition coefficient (Wildman–Crippen LogP) is 2.24. The van der Waals surface area contributed by atoms with Gasteiger partial charge in [0.1, 0.15) is 6.54 Å². The largest absolute Gasteiger partial charge is 0.378 e. The van der Waals surface area contributed by atoms with E-state index in [0.29, 0.717) is 23.4 Å². The molecule has 4 fully saturated rings. The van der Waals surface area contributed by atoms with Crippen LogP contribution >= 0.6 is 0 Å². The predicted molar refractivity (Wildman–Crippen MR) is 134 cm³/mol. The molecule has 3 aliphatic heterocycles. The fourth-order valence-corrected chi connectivity index (χ4v) is 6.80. The van der Waals surface area contributed by atoms with Crippen molar-refractivity contribution in [3.8, 4) is 0 Å². The van der Waals surface area contributed by atoms with Crippen LogP contribution in [-0.4, -0.2) is 77.5 Å². The number of morpholine rings is 1. The maximum absolute atomic E-state index is 13.5. The number of aromatic nitrogens is 2. The highest BCUT2D eigenvalue weighted by molar-refractivity contribution is 5.77.